The Hall–Kier alpha value is -2.25. The van der Waals surface area contributed by atoms with E-state index in [1.165, 1.54) is 6.92 Å². The largest absolute Gasteiger partial charge is 0.483 e. The fourth-order valence-electron chi connectivity index (χ4n) is 2.17. The zero-order valence-corrected chi connectivity index (χ0v) is 15.4. The maximum absolute atomic E-state index is 12.7. The fraction of sp³-hybridized carbons (Fsp3) is 0.556. The maximum Gasteiger partial charge on any atom is 0.406 e. The van der Waals surface area contributed by atoms with E-state index in [2.05, 4.69) is 4.74 Å². The van der Waals surface area contributed by atoms with Crippen LogP contribution in [-0.4, -0.2) is 49.3 Å². The molecule has 0 spiro atoms. The highest BCUT2D eigenvalue weighted by Crippen LogP contribution is 2.24. The van der Waals surface area contributed by atoms with Crippen molar-refractivity contribution in [2.24, 2.45) is 0 Å². The lowest BCUT2D eigenvalue weighted by Gasteiger charge is -2.23. The van der Waals surface area contributed by atoms with E-state index in [4.69, 9.17) is 4.74 Å². The van der Waals surface area contributed by atoms with Crippen LogP contribution < -0.4 is 4.74 Å². The number of hydrogen-bond acceptors (Lipinski definition) is 4. The minimum absolute atomic E-state index is 0.0184. The van der Waals surface area contributed by atoms with E-state index in [9.17, 15) is 22.8 Å². The minimum atomic E-state index is -4.63. The van der Waals surface area contributed by atoms with Crippen molar-refractivity contribution in [3.8, 4) is 5.75 Å². The lowest BCUT2D eigenvalue weighted by Crippen LogP contribution is -2.44. The van der Waals surface area contributed by atoms with E-state index < -0.39 is 37.7 Å². The van der Waals surface area contributed by atoms with Gasteiger partial charge in [0.2, 0.25) is 0 Å². The first-order valence-corrected chi connectivity index (χ1v) is 8.27. The van der Waals surface area contributed by atoms with Crippen LogP contribution in [0.1, 0.15) is 37.8 Å². The van der Waals surface area contributed by atoms with Gasteiger partial charge in [-0.05, 0) is 37.0 Å². The molecule has 1 aromatic rings. The Morgan fingerprint density at radius 3 is 2.42 bits per heavy atom. The molecule has 0 fully saturated rings. The van der Waals surface area contributed by atoms with Crippen LogP contribution in [-0.2, 0) is 14.3 Å². The third-order valence-electron chi connectivity index (χ3n) is 3.58. The number of amides is 1. The van der Waals surface area contributed by atoms with E-state index in [-0.39, 0.29) is 12.5 Å². The highest BCUT2D eigenvalue weighted by atomic mass is 19.4. The molecule has 1 rings (SSSR count). The summed E-state index contributed by atoms with van der Waals surface area (Å²) in [4.78, 5) is 24.0. The van der Waals surface area contributed by atoms with Gasteiger partial charge in [-0.3, -0.25) is 9.59 Å². The van der Waals surface area contributed by atoms with Gasteiger partial charge in [0.25, 0.3) is 5.91 Å². The third kappa shape index (κ3) is 7.33. The summed E-state index contributed by atoms with van der Waals surface area (Å²) < 4.78 is 48.1. The molecule has 0 aliphatic heterocycles. The van der Waals surface area contributed by atoms with Gasteiger partial charge < -0.3 is 14.4 Å². The quantitative estimate of drug-likeness (QED) is 0.653. The third-order valence-corrected chi connectivity index (χ3v) is 3.58. The number of halogens is 3. The van der Waals surface area contributed by atoms with Crippen LogP contribution in [0.25, 0.3) is 0 Å². The van der Waals surface area contributed by atoms with Crippen molar-refractivity contribution >= 4 is 11.9 Å². The maximum atomic E-state index is 12.7. The van der Waals surface area contributed by atoms with Crippen molar-refractivity contribution in [3.05, 3.63) is 29.3 Å². The van der Waals surface area contributed by atoms with Crippen LogP contribution in [0, 0.1) is 6.92 Å². The molecule has 0 aromatic heterocycles. The number of alkyl halides is 3. The Bertz CT molecular complexity index is 629. The van der Waals surface area contributed by atoms with Crippen LogP contribution in [0.2, 0.25) is 0 Å². The molecule has 0 aliphatic rings. The van der Waals surface area contributed by atoms with Crippen molar-refractivity contribution in [1.82, 2.24) is 4.90 Å². The molecule has 0 saturated carbocycles. The second kappa shape index (κ2) is 9.45. The molecule has 0 atom stereocenters. The van der Waals surface area contributed by atoms with E-state index in [0.29, 0.717) is 10.6 Å². The van der Waals surface area contributed by atoms with Crippen LogP contribution in [0.3, 0.4) is 0 Å². The first kappa shape index (κ1) is 21.8. The summed E-state index contributed by atoms with van der Waals surface area (Å²) in [6.45, 7) is 4.38. The summed E-state index contributed by atoms with van der Waals surface area (Å²) in [6.07, 6.45) is -4.63. The summed E-state index contributed by atoms with van der Waals surface area (Å²) in [5.74, 6) is -1.18. The van der Waals surface area contributed by atoms with E-state index in [1.807, 2.05) is 26.0 Å². The highest BCUT2D eigenvalue weighted by molar-refractivity contribution is 5.83. The van der Waals surface area contributed by atoms with Gasteiger partial charge in [0.1, 0.15) is 18.8 Å². The molecule has 0 unspecified atom stereocenters. The van der Waals surface area contributed by atoms with Crippen LogP contribution in [0.5, 0.6) is 5.75 Å². The van der Waals surface area contributed by atoms with Crippen molar-refractivity contribution < 1.29 is 32.2 Å². The summed E-state index contributed by atoms with van der Waals surface area (Å²) in [7, 11) is 0. The molecule has 146 valence electrons. The number of hydrogen-bond donors (Lipinski definition) is 0. The molecule has 26 heavy (non-hydrogen) atoms. The van der Waals surface area contributed by atoms with E-state index in [0.717, 1.165) is 11.1 Å². The zero-order chi connectivity index (χ0) is 19.9. The summed E-state index contributed by atoms with van der Waals surface area (Å²) in [5, 5.41) is 0. The number of ether oxygens (including phenoxy) is 2. The van der Waals surface area contributed by atoms with Gasteiger partial charge in [0.05, 0.1) is 6.61 Å². The number of esters is 1. The number of carbonyl (C=O) groups excluding carboxylic acids is 2. The SMILES string of the molecule is CCOC(=O)CN(CC(F)(F)F)C(=O)COc1cc(C(C)C)ccc1C. The van der Waals surface area contributed by atoms with Gasteiger partial charge in [-0.25, -0.2) is 0 Å². The van der Waals surface area contributed by atoms with E-state index >= 15 is 0 Å². The zero-order valence-electron chi connectivity index (χ0n) is 15.4. The molecule has 0 N–H and O–H groups in total. The van der Waals surface area contributed by atoms with Gasteiger partial charge in [0, 0.05) is 0 Å². The van der Waals surface area contributed by atoms with Crippen molar-refractivity contribution in [1.29, 1.82) is 0 Å². The Balaban J connectivity index is 2.82. The molecule has 0 saturated heterocycles. The second-order valence-corrected chi connectivity index (χ2v) is 6.14. The molecule has 1 aromatic carbocycles. The minimum Gasteiger partial charge on any atom is -0.483 e. The number of aryl methyl sites for hydroxylation is 1. The number of benzene rings is 1. The number of carbonyl (C=O) groups is 2. The normalized spacial score (nSPS) is 11.4. The van der Waals surface area contributed by atoms with Crippen LogP contribution in [0.4, 0.5) is 13.2 Å². The summed E-state index contributed by atoms with van der Waals surface area (Å²) >= 11 is 0. The van der Waals surface area contributed by atoms with Gasteiger partial charge in [-0.1, -0.05) is 26.0 Å². The van der Waals surface area contributed by atoms with Crippen molar-refractivity contribution in [2.75, 3.05) is 26.3 Å². The standard InChI is InChI=1S/C18H24F3NO4/c1-5-25-17(24)9-22(11-18(19,20)21)16(23)10-26-15-8-14(12(2)3)7-6-13(15)4/h6-8,12H,5,9-11H2,1-4H3. The van der Waals surface area contributed by atoms with E-state index in [1.54, 1.807) is 13.0 Å². The van der Waals surface area contributed by atoms with Crippen molar-refractivity contribution in [3.63, 3.8) is 0 Å². The predicted molar refractivity (Wildman–Crippen MR) is 90.0 cm³/mol. The number of rotatable bonds is 8. The Morgan fingerprint density at radius 2 is 1.88 bits per heavy atom. The molecule has 0 aliphatic carbocycles. The first-order valence-electron chi connectivity index (χ1n) is 8.27. The van der Waals surface area contributed by atoms with Gasteiger partial charge >= 0.3 is 12.1 Å². The second-order valence-electron chi connectivity index (χ2n) is 6.14. The Kier molecular flexibility index (Phi) is 7.92. The van der Waals surface area contributed by atoms with Crippen molar-refractivity contribution in [2.45, 2.75) is 39.8 Å². The lowest BCUT2D eigenvalue weighted by atomic mass is 10.0. The molecule has 0 bridgehead atoms. The monoisotopic (exact) mass is 375 g/mol. The van der Waals surface area contributed by atoms with Gasteiger partial charge in [0.15, 0.2) is 6.61 Å². The lowest BCUT2D eigenvalue weighted by molar-refractivity contribution is -0.168. The average Bonchev–Trinajstić information content (AvgIpc) is 2.51. The molecule has 0 radical (unpaired) electrons. The Morgan fingerprint density at radius 1 is 1.23 bits per heavy atom. The molecule has 5 nitrogen and oxygen atoms in total. The molecular formula is C18H24F3NO4. The first-order chi connectivity index (χ1) is 12.0. The van der Waals surface area contributed by atoms with Crippen LogP contribution in [0.15, 0.2) is 18.2 Å². The van der Waals surface area contributed by atoms with Gasteiger partial charge in [-0.15, -0.1) is 0 Å². The van der Waals surface area contributed by atoms with Crippen LogP contribution >= 0.6 is 0 Å². The summed E-state index contributed by atoms with van der Waals surface area (Å²) in [6, 6.07) is 5.50. The predicted octanol–water partition coefficient (Wildman–Crippen LogP) is 3.45. The molecule has 1 amide bonds. The van der Waals surface area contributed by atoms with Gasteiger partial charge in [-0.2, -0.15) is 13.2 Å². The summed E-state index contributed by atoms with van der Waals surface area (Å²) in [5.41, 5.74) is 1.74. The molecular weight excluding hydrogens is 351 g/mol. The highest BCUT2D eigenvalue weighted by Gasteiger charge is 2.34. The molecule has 0 heterocycles. The smallest absolute Gasteiger partial charge is 0.406 e. The Labute approximate surface area is 151 Å². The average molecular weight is 375 g/mol. The fourth-order valence-corrected chi connectivity index (χ4v) is 2.17. The molecule has 8 heteroatoms. The topological polar surface area (TPSA) is 55.8 Å². The number of nitrogens with zero attached hydrogens (tertiary/aromatic N) is 1.